The number of nitrogens with zero attached hydrogens (tertiary/aromatic N) is 1. The molecule has 1 amide bonds. The number of rotatable bonds is 9. The summed E-state index contributed by atoms with van der Waals surface area (Å²) in [6.45, 7) is 3.74. The number of unbranched alkanes of at least 4 members (excludes halogenated alkanes) is 1. The first-order valence-corrected chi connectivity index (χ1v) is 6.86. The first-order valence-electron chi connectivity index (χ1n) is 6.86. The van der Waals surface area contributed by atoms with Crippen molar-refractivity contribution in [1.29, 1.82) is 0 Å². The largest absolute Gasteiger partial charge is 0.381 e. The van der Waals surface area contributed by atoms with E-state index in [0.29, 0.717) is 26.2 Å². The first kappa shape index (κ1) is 17.0. The lowest BCUT2D eigenvalue weighted by atomic mass is 10.2. The number of hydrogen-bond acceptors (Lipinski definition) is 4. The van der Waals surface area contributed by atoms with Crippen LogP contribution in [0, 0.1) is 15.9 Å². The summed E-state index contributed by atoms with van der Waals surface area (Å²) in [6, 6.07) is 3.08. The van der Waals surface area contributed by atoms with E-state index < -0.39 is 22.3 Å². The number of ether oxygens (including phenoxy) is 1. The number of benzene rings is 1. The molecule has 1 aromatic rings. The molecule has 0 spiro atoms. The molecule has 1 N–H and O–H groups in total. The monoisotopic (exact) mass is 298 g/mol. The van der Waals surface area contributed by atoms with Gasteiger partial charge < -0.3 is 10.1 Å². The van der Waals surface area contributed by atoms with E-state index in [2.05, 4.69) is 12.2 Å². The number of halogens is 1. The lowest BCUT2D eigenvalue weighted by molar-refractivity contribution is -0.387. The zero-order chi connectivity index (χ0) is 15.7. The lowest BCUT2D eigenvalue weighted by Crippen LogP contribution is -2.25. The Morgan fingerprint density at radius 2 is 2.10 bits per heavy atom. The van der Waals surface area contributed by atoms with Gasteiger partial charge in [0.15, 0.2) is 0 Å². The molecule has 0 aliphatic carbocycles. The fourth-order valence-electron chi connectivity index (χ4n) is 1.62. The van der Waals surface area contributed by atoms with Crippen LogP contribution in [-0.2, 0) is 4.74 Å². The van der Waals surface area contributed by atoms with Crippen LogP contribution in [0.1, 0.15) is 36.5 Å². The number of nitro benzene ring substituents is 1. The van der Waals surface area contributed by atoms with Crippen molar-refractivity contribution in [3.05, 3.63) is 39.7 Å². The molecule has 116 valence electrons. The molecular formula is C14H19FN2O4. The van der Waals surface area contributed by atoms with E-state index in [4.69, 9.17) is 4.74 Å². The molecule has 0 aliphatic heterocycles. The standard InChI is InChI=1S/C14H19FN2O4/c1-2-3-8-21-9-4-7-16-14(18)11-5-6-13(17(19)20)12(15)10-11/h5-6,10H,2-4,7-9H2,1H3,(H,16,18). The van der Waals surface area contributed by atoms with E-state index in [9.17, 15) is 19.3 Å². The van der Waals surface area contributed by atoms with Gasteiger partial charge >= 0.3 is 5.69 Å². The van der Waals surface area contributed by atoms with E-state index in [0.717, 1.165) is 25.0 Å². The van der Waals surface area contributed by atoms with E-state index in [1.165, 1.54) is 6.07 Å². The van der Waals surface area contributed by atoms with Gasteiger partial charge in [-0.15, -0.1) is 0 Å². The van der Waals surface area contributed by atoms with Crippen molar-refractivity contribution in [2.24, 2.45) is 0 Å². The SMILES string of the molecule is CCCCOCCCNC(=O)c1ccc([N+](=O)[O-])c(F)c1. The zero-order valence-corrected chi connectivity index (χ0v) is 11.9. The summed E-state index contributed by atoms with van der Waals surface area (Å²) in [5.41, 5.74) is -0.583. The molecule has 0 bridgehead atoms. The van der Waals surface area contributed by atoms with Crippen LogP contribution >= 0.6 is 0 Å². The van der Waals surface area contributed by atoms with E-state index in [1.54, 1.807) is 0 Å². The van der Waals surface area contributed by atoms with Gasteiger partial charge in [0.1, 0.15) is 0 Å². The summed E-state index contributed by atoms with van der Waals surface area (Å²) in [6.07, 6.45) is 2.74. The molecule has 0 aromatic heterocycles. The van der Waals surface area contributed by atoms with Crippen molar-refractivity contribution in [3.63, 3.8) is 0 Å². The third kappa shape index (κ3) is 5.86. The highest BCUT2D eigenvalue weighted by atomic mass is 19.1. The van der Waals surface area contributed by atoms with Crippen LogP contribution in [0.3, 0.4) is 0 Å². The van der Waals surface area contributed by atoms with Crippen LogP contribution in [0.5, 0.6) is 0 Å². The van der Waals surface area contributed by atoms with Gasteiger partial charge in [0, 0.05) is 31.4 Å². The average Bonchev–Trinajstić information content (AvgIpc) is 2.45. The van der Waals surface area contributed by atoms with Crippen LogP contribution < -0.4 is 5.32 Å². The number of nitro groups is 1. The van der Waals surface area contributed by atoms with Crippen molar-refractivity contribution >= 4 is 11.6 Å². The maximum absolute atomic E-state index is 13.4. The van der Waals surface area contributed by atoms with Crippen LogP contribution in [0.15, 0.2) is 18.2 Å². The summed E-state index contributed by atoms with van der Waals surface area (Å²) in [4.78, 5) is 21.4. The molecule has 0 saturated carbocycles. The molecule has 1 aromatic carbocycles. The number of carbonyl (C=O) groups excluding carboxylic acids is 1. The average molecular weight is 298 g/mol. The van der Waals surface area contributed by atoms with Crippen LogP contribution in [0.25, 0.3) is 0 Å². The Morgan fingerprint density at radius 3 is 2.71 bits per heavy atom. The second-order valence-electron chi connectivity index (χ2n) is 4.50. The Bertz CT molecular complexity index is 494. The van der Waals surface area contributed by atoms with Crippen LogP contribution in [0.4, 0.5) is 10.1 Å². The van der Waals surface area contributed by atoms with Gasteiger partial charge in [0.2, 0.25) is 5.82 Å². The highest BCUT2D eigenvalue weighted by molar-refractivity contribution is 5.94. The first-order chi connectivity index (χ1) is 10.1. The van der Waals surface area contributed by atoms with Crippen LogP contribution in [-0.4, -0.2) is 30.6 Å². The van der Waals surface area contributed by atoms with Gasteiger partial charge in [-0.2, -0.15) is 4.39 Å². The normalized spacial score (nSPS) is 10.4. The second-order valence-corrected chi connectivity index (χ2v) is 4.50. The predicted molar refractivity (Wildman–Crippen MR) is 75.7 cm³/mol. The molecule has 0 fully saturated rings. The molecule has 6 nitrogen and oxygen atoms in total. The maximum Gasteiger partial charge on any atom is 0.304 e. The Kier molecular flexibility index (Phi) is 7.31. The third-order valence-corrected chi connectivity index (χ3v) is 2.80. The minimum Gasteiger partial charge on any atom is -0.381 e. The smallest absolute Gasteiger partial charge is 0.304 e. The van der Waals surface area contributed by atoms with Crippen molar-refractivity contribution < 1.29 is 18.8 Å². The number of carbonyl (C=O) groups is 1. The van der Waals surface area contributed by atoms with Crippen molar-refractivity contribution in [1.82, 2.24) is 5.32 Å². The highest BCUT2D eigenvalue weighted by Crippen LogP contribution is 2.17. The summed E-state index contributed by atoms with van der Waals surface area (Å²) >= 11 is 0. The fraction of sp³-hybridized carbons (Fsp3) is 0.500. The van der Waals surface area contributed by atoms with Gasteiger partial charge in [0.25, 0.3) is 5.91 Å². The molecule has 0 radical (unpaired) electrons. The fourth-order valence-corrected chi connectivity index (χ4v) is 1.62. The van der Waals surface area contributed by atoms with E-state index in [-0.39, 0.29) is 5.56 Å². The van der Waals surface area contributed by atoms with E-state index in [1.807, 2.05) is 0 Å². The summed E-state index contributed by atoms with van der Waals surface area (Å²) < 4.78 is 18.7. The Morgan fingerprint density at radius 1 is 1.38 bits per heavy atom. The van der Waals surface area contributed by atoms with Gasteiger partial charge in [-0.1, -0.05) is 13.3 Å². The van der Waals surface area contributed by atoms with Crippen LogP contribution in [0.2, 0.25) is 0 Å². The lowest BCUT2D eigenvalue weighted by Gasteiger charge is -2.06. The van der Waals surface area contributed by atoms with Crippen molar-refractivity contribution in [2.45, 2.75) is 26.2 Å². The predicted octanol–water partition coefficient (Wildman–Crippen LogP) is 2.67. The van der Waals surface area contributed by atoms with E-state index >= 15 is 0 Å². The quantitative estimate of drug-likeness (QED) is 0.432. The molecule has 0 heterocycles. The topological polar surface area (TPSA) is 81.5 Å². The number of amides is 1. The molecular weight excluding hydrogens is 279 g/mol. The molecule has 21 heavy (non-hydrogen) atoms. The Balaban J connectivity index is 2.35. The van der Waals surface area contributed by atoms with Gasteiger partial charge in [0.05, 0.1) is 4.92 Å². The summed E-state index contributed by atoms with van der Waals surface area (Å²) in [7, 11) is 0. The minimum atomic E-state index is -1.02. The third-order valence-electron chi connectivity index (χ3n) is 2.80. The molecule has 0 unspecified atom stereocenters. The number of hydrogen-bond donors (Lipinski definition) is 1. The molecule has 7 heteroatoms. The van der Waals surface area contributed by atoms with Crippen molar-refractivity contribution in [2.75, 3.05) is 19.8 Å². The van der Waals surface area contributed by atoms with Gasteiger partial charge in [-0.3, -0.25) is 14.9 Å². The Hall–Kier alpha value is -2.02. The maximum atomic E-state index is 13.4. The Labute approximate surface area is 122 Å². The molecule has 0 atom stereocenters. The molecule has 1 rings (SSSR count). The zero-order valence-electron chi connectivity index (χ0n) is 11.9. The summed E-state index contributed by atoms with van der Waals surface area (Å²) in [5.74, 6) is -1.48. The van der Waals surface area contributed by atoms with Crippen molar-refractivity contribution in [3.8, 4) is 0 Å². The van der Waals surface area contributed by atoms with Gasteiger partial charge in [-0.25, -0.2) is 0 Å². The number of nitrogens with one attached hydrogen (secondary N) is 1. The molecule has 0 aliphatic rings. The molecule has 0 saturated heterocycles. The second kappa shape index (κ2) is 9.02. The minimum absolute atomic E-state index is 0.0602. The van der Waals surface area contributed by atoms with Gasteiger partial charge in [-0.05, 0) is 25.0 Å². The highest BCUT2D eigenvalue weighted by Gasteiger charge is 2.16. The summed E-state index contributed by atoms with van der Waals surface area (Å²) in [5, 5.41) is 13.1.